The average molecular weight is 394 g/mol. The first-order valence-electron chi connectivity index (χ1n) is 9.13. The van der Waals surface area contributed by atoms with Gasteiger partial charge in [0.25, 0.3) is 15.6 Å². The maximum absolute atomic E-state index is 12.7. The summed E-state index contributed by atoms with van der Waals surface area (Å²) in [5.41, 5.74) is 0.556. The van der Waals surface area contributed by atoms with E-state index in [1.54, 1.807) is 30.2 Å². The number of imidazole rings is 1. The highest BCUT2D eigenvalue weighted by Crippen LogP contribution is 2.24. The first-order chi connectivity index (χ1) is 12.6. The standard InChI is InChI=1S/C18H27N5O3S/c1-18(2,3)15-11-16(24)22(13-20-15)12-14-5-8-23(9-6-14)27(25,26)17-19-7-10-21(17)4/h7,10-11,13-14H,5-6,8-9,12H2,1-4H3. The molecule has 27 heavy (non-hydrogen) atoms. The van der Waals surface area contributed by atoms with E-state index in [4.69, 9.17) is 0 Å². The molecule has 0 saturated carbocycles. The molecule has 3 rings (SSSR count). The predicted molar refractivity (Wildman–Crippen MR) is 102 cm³/mol. The second-order valence-corrected chi connectivity index (χ2v) is 10.0. The molecule has 0 N–H and O–H groups in total. The number of nitrogens with zero attached hydrogens (tertiary/aromatic N) is 5. The zero-order valence-corrected chi connectivity index (χ0v) is 17.1. The first kappa shape index (κ1) is 19.8. The highest BCUT2D eigenvalue weighted by Gasteiger charge is 2.32. The summed E-state index contributed by atoms with van der Waals surface area (Å²) in [4.78, 5) is 20.8. The Balaban J connectivity index is 1.65. The Morgan fingerprint density at radius 1 is 1.19 bits per heavy atom. The van der Waals surface area contributed by atoms with Crippen molar-refractivity contribution in [3.8, 4) is 0 Å². The third-order valence-corrected chi connectivity index (χ3v) is 6.92. The first-order valence-corrected chi connectivity index (χ1v) is 10.6. The molecule has 1 aliphatic heterocycles. The van der Waals surface area contributed by atoms with E-state index in [0.717, 1.165) is 5.69 Å². The van der Waals surface area contributed by atoms with E-state index < -0.39 is 10.0 Å². The molecule has 0 spiro atoms. The lowest BCUT2D eigenvalue weighted by atomic mass is 9.92. The van der Waals surface area contributed by atoms with Crippen LogP contribution in [0.25, 0.3) is 0 Å². The fourth-order valence-electron chi connectivity index (χ4n) is 3.30. The summed E-state index contributed by atoms with van der Waals surface area (Å²) in [5.74, 6) is 0.248. The van der Waals surface area contributed by atoms with Crippen LogP contribution in [0.1, 0.15) is 39.3 Å². The third-order valence-electron chi connectivity index (χ3n) is 5.02. The topological polar surface area (TPSA) is 90.1 Å². The number of hydrogen-bond acceptors (Lipinski definition) is 5. The van der Waals surface area contributed by atoms with Gasteiger partial charge in [0.15, 0.2) is 0 Å². The van der Waals surface area contributed by atoms with Crippen molar-refractivity contribution in [2.75, 3.05) is 13.1 Å². The summed E-state index contributed by atoms with van der Waals surface area (Å²) in [6.45, 7) is 7.50. The lowest BCUT2D eigenvalue weighted by molar-refractivity contribution is 0.249. The van der Waals surface area contributed by atoms with Crippen LogP contribution in [0.15, 0.2) is 34.7 Å². The Morgan fingerprint density at radius 3 is 2.37 bits per heavy atom. The zero-order valence-electron chi connectivity index (χ0n) is 16.3. The lowest BCUT2D eigenvalue weighted by Crippen LogP contribution is -2.40. The molecular weight excluding hydrogens is 366 g/mol. The monoisotopic (exact) mass is 393 g/mol. The fraction of sp³-hybridized carbons (Fsp3) is 0.611. The average Bonchev–Trinajstić information content (AvgIpc) is 3.03. The number of aryl methyl sites for hydroxylation is 1. The Kier molecular flexibility index (Phi) is 5.27. The molecule has 0 aromatic carbocycles. The molecule has 1 fully saturated rings. The molecule has 3 heterocycles. The fourth-order valence-corrected chi connectivity index (χ4v) is 4.84. The van der Waals surface area contributed by atoms with E-state index in [2.05, 4.69) is 9.97 Å². The highest BCUT2D eigenvalue weighted by atomic mass is 32.2. The zero-order chi connectivity index (χ0) is 19.8. The van der Waals surface area contributed by atoms with Crippen LogP contribution in [0.4, 0.5) is 0 Å². The molecule has 0 amide bonds. The van der Waals surface area contributed by atoms with Crippen molar-refractivity contribution >= 4 is 10.0 Å². The van der Waals surface area contributed by atoms with Crippen LogP contribution >= 0.6 is 0 Å². The Morgan fingerprint density at radius 2 is 1.85 bits per heavy atom. The molecule has 2 aromatic heterocycles. The van der Waals surface area contributed by atoms with Gasteiger partial charge in [-0.25, -0.2) is 18.4 Å². The Labute approximate surface area is 159 Å². The van der Waals surface area contributed by atoms with E-state index in [9.17, 15) is 13.2 Å². The molecule has 0 bridgehead atoms. The van der Waals surface area contributed by atoms with Crippen molar-refractivity contribution in [1.29, 1.82) is 0 Å². The van der Waals surface area contributed by atoms with Gasteiger partial charge in [-0.15, -0.1) is 0 Å². The predicted octanol–water partition coefficient (Wildman–Crippen LogP) is 1.38. The summed E-state index contributed by atoms with van der Waals surface area (Å²) >= 11 is 0. The number of sulfonamides is 1. The van der Waals surface area contributed by atoms with Crippen molar-refractivity contribution in [2.24, 2.45) is 13.0 Å². The van der Waals surface area contributed by atoms with Crippen LogP contribution < -0.4 is 5.56 Å². The van der Waals surface area contributed by atoms with E-state index >= 15 is 0 Å². The summed E-state index contributed by atoms with van der Waals surface area (Å²) in [5, 5.41) is 0.0686. The number of rotatable bonds is 4. The van der Waals surface area contributed by atoms with E-state index in [1.807, 2.05) is 20.8 Å². The van der Waals surface area contributed by atoms with Gasteiger partial charge in [-0.05, 0) is 18.8 Å². The van der Waals surface area contributed by atoms with Gasteiger partial charge >= 0.3 is 0 Å². The molecule has 2 aromatic rings. The second-order valence-electron chi connectivity index (χ2n) is 8.18. The maximum atomic E-state index is 12.7. The molecular formula is C18H27N5O3S. The molecule has 8 nitrogen and oxygen atoms in total. The molecule has 148 valence electrons. The number of piperidine rings is 1. The smallest absolute Gasteiger partial charge is 0.276 e. The van der Waals surface area contributed by atoms with Gasteiger partial charge in [0, 0.05) is 50.6 Å². The normalized spacial score (nSPS) is 17.3. The van der Waals surface area contributed by atoms with Crippen LogP contribution in [0.2, 0.25) is 0 Å². The molecule has 0 unspecified atom stereocenters. The summed E-state index contributed by atoms with van der Waals surface area (Å²) in [6.07, 6.45) is 6.13. The van der Waals surface area contributed by atoms with E-state index in [1.165, 1.54) is 15.1 Å². The van der Waals surface area contributed by atoms with Gasteiger partial charge in [-0.3, -0.25) is 9.36 Å². The van der Waals surface area contributed by atoms with E-state index in [-0.39, 0.29) is 22.0 Å². The molecule has 9 heteroatoms. The van der Waals surface area contributed by atoms with Crippen LogP contribution in [0, 0.1) is 5.92 Å². The Hall–Kier alpha value is -2.00. The van der Waals surface area contributed by atoms with Crippen LogP contribution in [0.5, 0.6) is 0 Å². The van der Waals surface area contributed by atoms with Crippen LogP contribution in [-0.4, -0.2) is 44.9 Å². The minimum absolute atomic E-state index is 0.0574. The highest BCUT2D eigenvalue weighted by molar-refractivity contribution is 7.89. The molecule has 1 aliphatic rings. The lowest BCUT2D eigenvalue weighted by Gasteiger charge is -2.31. The number of aromatic nitrogens is 4. The Bertz CT molecular complexity index is 963. The summed E-state index contributed by atoms with van der Waals surface area (Å²) in [6, 6.07) is 1.60. The minimum Gasteiger partial charge on any atom is -0.324 e. The second kappa shape index (κ2) is 7.20. The van der Waals surface area contributed by atoms with Gasteiger partial charge in [0.2, 0.25) is 5.16 Å². The SMILES string of the molecule is Cn1ccnc1S(=O)(=O)N1CCC(Cn2cnc(C(C)(C)C)cc2=O)CC1. The van der Waals surface area contributed by atoms with Gasteiger partial charge in [0.05, 0.1) is 12.0 Å². The summed E-state index contributed by atoms with van der Waals surface area (Å²) in [7, 11) is -1.90. The van der Waals surface area contributed by atoms with Crippen molar-refractivity contribution in [1.82, 2.24) is 23.4 Å². The van der Waals surface area contributed by atoms with Crippen LogP contribution in [0.3, 0.4) is 0 Å². The quantitative estimate of drug-likeness (QED) is 0.783. The van der Waals surface area contributed by atoms with Gasteiger partial charge < -0.3 is 4.57 Å². The third kappa shape index (κ3) is 4.14. The van der Waals surface area contributed by atoms with E-state index in [0.29, 0.717) is 32.5 Å². The van der Waals surface area contributed by atoms with Crippen molar-refractivity contribution in [3.05, 3.63) is 40.8 Å². The van der Waals surface area contributed by atoms with Gasteiger partial charge in [0.1, 0.15) is 0 Å². The largest absolute Gasteiger partial charge is 0.324 e. The molecule has 0 aliphatic carbocycles. The number of hydrogen-bond donors (Lipinski definition) is 0. The van der Waals surface area contributed by atoms with Gasteiger partial charge in [-0.1, -0.05) is 20.8 Å². The summed E-state index contributed by atoms with van der Waals surface area (Å²) < 4.78 is 30.0. The van der Waals surface area contributed by atoms with Gasteiger partial charge in [-0.2, -0.15) is 4.31 Å². The van der Waals surface area contributed by atoms with Crippen molar-refractivity contribution in [3.63, 3.8) is 0 Å². The molecule has 0 atom stereocenters. The van der Waals surface area contributed by atoms with Crippen molar-refractivity contribution in [2.45, 2.75) is 50.7 Å². The molecule has 0 radical (unpaired) electrons. The maximum Gasteiger partial charge on any atom is 0.276 e. The van der Waals surface area contributed by atoms with Crippen LogP contribution in [-0.2, 0) is 29.0 Å². The molecule has 1 saturated heterocycles. The van der Waals surface area contributed by atoms with Crippen molar-refractivity contribution < 1.29 is 8.42 Å². The minimum atomic E-state index is -3.57.